The molecule has 0 bridgehead atoms. The number of nitrogens with zero attached hydrogens (tertiary/aromatic N) is 1. The molecule has 0 amide bonds. The lowest BCUT2D eigenvalue weighted by Crippen LogP contribution is -2.37. The topological polar surface area (TPSA) is 55.7 Å². The molecule has 0 spiro atoms. The van der Waals surface area contributed by atoms with Crippen LogP contribution in [-0.2, 0) is 6.54 Å². The second-order valence-corrected chi connectivity index (χ2v) is 6.34. The summed E-state index contributed by atoms with van der Waals surface area (Å²) in [6.45, 7) is 4.40. The molecule has 0 unspecified atom stereocenters. The van der Waals surface area contributed by atoms with Crippen molar-refractivity contribution >= 4 is 23.2 Å². The van der Waals surface area contributed by atoms with Crippen LogP contribution in [0, 0.1) is 0 Å². The maximum absolute atomic E-state index is 9.84. The van der Waals surface area contributed by atoms with Gasteiger partial charge in [-0.2, -0.15) is 0 Å². The molecule has 0 aromatic heterocycles. The Morgan fingerprint density at radius 3 is 2.67 bits per heavy atom. The van der Waals surface area contributed by atoms with Crippen LogP contribution in [0.25, 0.3) is 0 Å². The predicted molar refractivity (Wildman–Crippen MR) is 86.1 cm³/mol. The van der Waals surface area contributed by atoms with E-state index in [-0.39, 0.29) is 16.9 Å². The number of aromatic hydroxyl groups is 1. The number of phenols is 1. The molecule has 1 aromatic rings. The summed E-state index contributed by atoms with van der Waals surface area (Å²) < 4.78 is 0. The number of nitrogens with one attached hydrogen (secondary N) is 1. The third kappa shape index (κ3) is 5.31. The molecule has 0 radical (unpaired) electrons. The van der Waals surface area contributed by atoms with Gasteiger partial charge in [0.25, 0.3) is 0 Å². The van der Waals surface area contributed by atoms with Crippen molar-refractivity contribution in [3.63, 3.8) is 0 Å². The highest BCUT2D eigenvalue weighted by atomic mass is 35.5. The molecule has 4 nitrogen and oxygen atoms in total. The maximum Gasteiger partial charge on any atom is 0.138 e. The molecule has 0 aliphatic carbocycles. The van der Waals surface area contributed by atoms with Crippen molar-refractivity contribution in [2.75, 3.05) is 26.2 Å². The molecule has 0 saturated carbocycles. The van der Waals surface area contributed by atoms with E-state index in [9.17, 15) is 10.2 Å². The van der Waals surface area contributed by atoms with Crippen LogP contribution in [-0.4, -0.2) is 47.4 Å². The van der Waals surface area contributed by atoms with Crippen molar-refractivity contribution in [3.05, 3.63) is 27.7 Å². The van der Waals surface area contributed by atoms with Gasteiger partial charge in [-0.05, 0) is 44.5 Å². The first-order valence-corrected chi connectivity index (χ1v) is 8.10. The summed E-state index contributed by atoms with van der Waals surface area (Å²) in [5.74, 6) is 0.0959. The average molecular weight is 333 g/mol. The van der Waals surface area contributed by atoms with Crippen LogP contribution in [0.2, 0.25) is 10.0 Å². The number of piperidine rings is 1. The molecule has 1 saturated heterocycles. The Hall–Kier alpha value is -0.520. The Balaban J connectivity index is 1.66. The van der Waals surface area contributed by atoms with E-state index in [0.717, 1.165) is 45.4 Å². The molecular formula is C15H22Cl2N2O2. The van der Waals surface area contributed by atoms with Crippen molar-refractivity contribution in [3.8, 4) is 5.75 Å². The number of aliphatic hydroxyl groups is 1. The minimum atomic E-state index is -0.116. The summed E-state index contributed by atoms with van der Waals surface area (Å²) in [6, 6.07) is 3.26. The highest BCUT2D eigenvalue weighted by molar-refractivity contribution is 6.35. The van der Waals surface area contributed by atoms with E-state index in [1.165, 1.54) is 6.07 Å². The van der Waals surface area contributed by atoms with E-state index < -0.39 is 0 Å². The first-order chi connectivity index (χ1) is 10.1. The van der Waals surface area contributed by atoms with Crippen LogP contribution in [0.1, 0.15) is 24.8 Å². The lowest BCUT2D eigenvalue weighted by atomic mass is 10.1. The van der Waals surface area contributed by atoms with Gasteiger partial charge in [0.2, 0.25) is 0 Å². The smallest absolute Gasteiger partial charge is 0.138 e. The molecule has 1 aliphatic rings. The predicted octanol–water partition coefficient (Wildman–Crippen LogP) is 2.64. The third-order valence-corrected chi connectivity index (χ3v) is 4.31. The van der Waals surface area contributed by atoms with Gasteiger partial charge in [-0.25, -0.2) is 0 Å². The van der Waals surface area contributed by atoms with Gasteiger partial charge in [0, 0.05) is 30.2 Å². The second kappa shape index (κ2) is 8.20. The highest BCUT2D eigenvalue weighted by Gasteiger charge is 2.16. The molecule has 1 fully saturated rings. The van der Waals surface area contributed by atoms with Crippen molar-refractivity contribution in [1.82, 2.24) is 10.2 Å². The quantitative estimate of drug-likeness (QED) is 0.701. The Morgan fingerprint density at radius 2 is 1.95 bits per heavy atom. The van der Waals surface area contributed by atoms with E-state index in [1.807, 2.05) is 0 Å². The van der Waals surface area contributed by atoms with Crippen LogP contribution >= 0.6 is 23.2 Å². The zero-order chi connectivity index (χ0) is 15.2. The minimum absolute atomic E-state index is 0.0959. The number of hydrogen-bond acceptors (Lipinski definition) is 4. The first-order valence-electron chi connectivity index (χ1n) is 7.34. The summed E-state index contributed by atoms with van der Waals surface area (Å²) in [5.41, 5.74) is 0.716. The molecule has 3 N–H and O–H groups in total. The van der Waals surface area contributed by atoms with Crippen molar-refractivity contribution in [2.45, 2.75) is 31.9 Å². The fourth-order valence-electron chi connectivity index (χ4n) is 2.55. The molecule has 21 heavy (non-hydrogen) atoms. The maximum atomic E-state index is 9.84. The summed E-state index contributed by atoms with van der Waals surface area (Å²) >= 11 is 11.8. The van der Waals surface area contributed by atoms with E-state index in [4.69, 9.17) is 23.2 Å². The van der Waals surface area contributed by atoms with Gasteiger partial charge in [-0.15, -0.1) is 0 Å². The number of hydrogen-bond donors (Lipinski definition) is 3. The summed E-state index contributed by atoms with van der Waals surface area (Å²) in [4.78, 5) is 2.38. The Morgan fingerprint density at radius 1 is 1.24 bits per heavy atom. The highest BCUT2D eigenvalue weighted by Crippen LogP contribution is 2.30. The SMILES string of the molecule is Oc1c(Cl)cc(Cl)cc1CNCCCN1CCC(O)CC1. The largest absolute Gasteiger partial charge is 0.506 e. The van der Waals surface area contributed by atoms with Crippen LogP contribution in [0.3, 0.4) is 0 Å². The Labute approximate surface area is 135 Å². The Bertz CT molecular complexity index is 463. The zero-order valence-corrected chi connectivity index (χ0v) is 13.5. The van der Waals surface area contributed by atoms with Gasteiger partial charge >= 0.3 is 0 Å². The van der Waals surface area contributed by atoms with Crippen LogP contribution < -0.4 is 5.32 Å². The molecule has 2 rings (SSSR count). The Kier molecular flexibility index (Phi) is 6.58. The minimum Gasteiger partial charge on any atom is -0.506 e. The van der Waals surface area contributed by atoms with E-state index in [1.54, 1.807) is 6.07 Å². The molecule has 0 atom stereocenters. The van der Waals surface area contributed by atoms with Gasteiger partial charge in [0.05, 0.1) is 11.1 Å². The number of halogens is 2. The van der Waals surface area contributed by atoms with Crippen LogP contribution in [0.5, 0.6) is 5.75 Å². The van der Waals surface area contributed by atoms with Crippen molar-refractivity contribution in [1.29, 1.82) is 0 Å². The van der Waals surface area contributed by atoms with Crippen LogP contribution in [0.15, 0.2) is 12.1 Å². The summed E-state index contributed by atoms with van der Waals surface area (Å²) in [6.07, 6.45) is 2.67. The number of aliphatic hydroxyl groups excluding tert-OH is 1. The fraction of sp³-hybridized carbons (Fsp3) is 0.600. The van der Waals surface area contributed by atoms with E-state index in [0.29, 0.717) is 17.1 Å². The zero-order valence-electron chi connectivity index (χ0n) is 12.0. The average Bonchev–Trinajstić information content (AvgIpc) is 2.45. The molecule has 6 heteroatoms. The van der Waals surface area contributed by atoms with Crippen molar-refractivity contribution in [2.24, 2.45) is 0 Å². The van der Waals surface area contributed by atoms with E-state index >= 15 is 0 Å². The summed E-state index contributed by atoms with van der Waals surface area (Å²) in [5, 5.41) is 23.4. The number of benzene rings is 1. The molecule has 1 aliphatic heterocycles. The van der Waals surface area contributed by atoms with Gasteiger partial charge in [0.1, 0.15) is 5.75 Å². The van der Waals surface area contributed by atoms with E-state index in [2.05, 4.69) is 10.2 Å². The monoisotopic (exact) mass is 332 g/mol. The number of likely N-dealkylation sites (tertiary alicyclic amines) is 1. The van der Waals surface area contributed by atoms with Gasteiger partial charge in [-0.3, -0.25) is 0 Å². The van der Waals surface area contributed by atoms with Gasteiger partial charge in [0.15, 0.2) is 0 Å². The third-order valence-electron chi connectivity index (χ3n) is 3.81. The lowest BCUT2D eigenvalue weighted by molar-refractivity contribution is 0.0821. The molecular weight excluding hydrogens is 311 g/mol. The fourth-order valence-corrected chi connectivity index (χ4v) is 3.08. The normalized spacial score (nSPS) is 17.3. The van der Waals surface area contributed by atoms with Gasteiger partial charge in [-0.1, -0.05) is 23.2 Å². The molecule has 1 heterocycles. The number of phenolic OH excluding ortho intramolecular Hbond substituents is 1. The van der Waals surface area contributed by atoms with Gasteiger partial charge < -0.3 is 20.4 Å². The summed E-state index contributed by atoms with van der Waals surface area (Å²) in [7, 11) is 0. The second-order valence-electron chi connectivity index (χ2n) is 5.50. The first kappa shape index (κ1) is 16.8. The lowest BCUT2D eigenvalue weighted by Gasteiger charge is -2.29. The van der Waals surface area contributed by atoms with Crippen LogP contribution in [0.4, 0.5) is 0 Å². The molecule has 118 valence electrons. The standard InChI is InChI=1S/C15H22Cl2N2O2/c16-12-8-11(15(21)14(17)9-12)10-18-4-1-5-19-6-2-13(20)3-7-19/h8-9,13,18,20-21H,1-7,10H2. The number of rotatable bonds is 6. The molecule has 1 aromatic carbocycles. The van der Waals surface area contributed by atoms with Crippen molar-refractivity contribution < 1.29 is 10.2 Å².